The molecule has 0 aromatic heterocycles. The van der Waals surface area contributed by atoms with Crippen LogP contribution in [0.1, 0.15) is 12.5 Å². The molecular formula is C9H11NO. The lowest BCUT2D eigenvalue weighted by atomic mass is 10.1. The van der Waals surface area contributed by atoms with Crippen LogP contribution in [0.3, 0.4) is 0 Å². The van der Waals surface area contributed by atoms with Crippen molar-refractivity contribution in [1.82, 2.24) is 0 Å². The van der Waals surface area contributed by atoms with Crippen molar-refractivity contribution in [2.24, 2.45) is 4.99 Å². The fourth-order valence-corrected chi connectivity index (χ4v) is 0.860. The molecule has 0 radical (unpaired) electrons. The molecule has 1 aromatic carbocycles. The largest absolute Gasteiger partial charge is 0.508 e. The fourth-order valence-electron chi connectivity index (χ4n) is 0.860. The van der Waals surface area contributed by atoms with Crippen molar-refractivity contribution >= 4 is 5.71 Å². The highest BCUT2D eigenvalue weighted by Gasteiger charge is 1.95. The Morgan fingerprint density at radius 2 is 2.18 bits per heavy atom. The molecule has 0 unspecified atom stereocenters. The molecule has 58 valence electrons. The van der Waals surface area contributed by atoms with Crippen LogP contribution < -0.4 is 0 Å². The summed E-state index contributed by atoms with van der Waals surface area (Å²) in [4.78, 5) is 4.01. The van der Waals surface area contributed by atoms with E-state index in [1.807, 2.05) is 13.0 Å². The molecule has 0 heterocycles. The molecule has 1 rings (SSSR count). The quantitative estimate of drug-likeness (QED) is 0.607. The highest BCUT2D eigenvalue weighted by atomic mass is 16.3. The molecule has 0 atom stereocenters. The highest BCUT2D eigenvalue weighted by molar-refractivity contribution is 5.98. The Hall–Kier alpha value is -1.31. The van der Waals surface area contributed by atoms with Gasteiger partial charge < -0.3 is 5.11 Å². The summed E-state index contributed by atoms with van der Waals surface area (Å²) in [5.41, 5.74) is 1.90. The average Bonchev–Trinajstić information content (AvgIpc) is 2.03. The van der Waals surface area contributed by atoms with Crippen molar-refractivity contribution < 1.29 is 5.11 Å². The van der Waals surface area contributed by atoms with Crippen LogP contribution in [-0.2, 0) is 0 Å². The number of nitrogens with zero attached hydrogens (tertiary/aromatic N) is 1. The smallest absolute Gasteiger partial charge is 0.116 e. The van der Waals surface area contributed by atoms with Gasteiger partial charge in [0.25, 0.3) is 0 Å². The number of hydrogen-bond donors (Lipinski definition) is 1. The minimum Gasteiger partial charge on any atom is -0.508 e. The number of hydrogen-bond acceptors (Lipinski definition) is 2. The van der Waals surface area contributed by atoms with Gasteiger partial charge in [-0.25, -0.2) is 0 Å². The predicted molar refractivity (Wildman–Crippen MR) is 46.2 cm³/mol. The first-order chi connectivity index (χ1) is 5.24. The van der Waals surface area contributed by atoms with E-state index in [0.29, 0.717) is 0 Å². The lowest BCUT2D eigenvalue weighted by molar-refractivity contribution is 0.475. The number of phenols is 1. The van der Waals surface area contributed by atoms with E-state index in [4.69, 9.17) is 5.11 Å². The molecule has 0 aliphatic carbocycles. The van der Waals surface area contributed by atoms with Gasteiger partial charge >= 0.3 is 0 Å². The van der Waals surface area contributed by atoms with Gasteiger partial charge in [0.1, 0.15) is 5.75 Å². The Labute approximate surface area is 66.2 Å². The monoisotopic (exact) mass is 149 g/mol. The molecule has 0 amide bonds. The molecular weight excluding hydrogens is 138 g/mol. The van der Waals surface area contributed by atoms with Gasteiger partial charge in [0.15, 0.2) is 0 Å². The van der Waals surface area contributed by atoms with Crippen molar-refractivity contribution in [3.05, 3.63) is 29.8 Å². The molecule has 0 bridgehead atoms. The number of benzene rings is 1. The molecule has 0 spiro atoms. The standard InChI is InChI=1S/C9H11NO/c1-7(10-2)8-4-3-5-9(11)6-8/h3-6,11H,1-2H3. The van der Waals surface area contributed by atoms with Crippen molar-refractivity contribution in [2.75, 3.05) is 7.05 Å². The second kappa shape index (κ2) is 3.19. The summed E-state index contributed by atoms with van der Waals surface area (Å²) in [5, 5.41) is 9.10. The average molecular weight is 149 g/mol. The minimum absolute atomic E-state index is 0.283. The van der Waals surface area contributed by atoms with E-state index in [-0.39, 0.29) is 5.75 Å². The third-order valence-electron chi connectivity index (χ3n) is 1.60. The maximum Gasteiger partial charge on any atom is 0.116 e. The first-order valence-corrected chi connectivity index (χ1v) is 3.47. The van der Waals surface area contributed by atoms with Crippen LogP contribution >= 0.6 is 0 Å². The van der Waals surface area contributed by atoms with Crippen LogP contribution in [-0.4, -0.2) is 17.9 Å². The van der Waals surface area contributed by atoms with Crippen molar-refractivity contribution in [3.63, 3.8) is 0 Å². The predicted octanol–water partition coefficient (Wildman–Crippen LogP) is 1.83. The van der Waals surface area contributed by atoms with Crippen molar-refractivity contribution in [2.45, 2.75) is 6.92 Å². The summed E-state index contributed by atoms with van der Waals surface area (Å²) in [7, 11) is 1.74. The molecule has 0 aliphatic rings. The van der Waals surface area contributed by atoms with E-state index < -0.39 is 0 Å². The van der Waals surface area contributed by atoms with Crippen LogP contribution in [0.5, 0.6) is 5.75 Å². The third-order valence-corrected chi connectivity index (χ3v) is 1.60. The highest BCUT2D eigenvalue weighted by Crippen LogP contribution is 2.11. The maximum atomic E-state index is 9.10. The lowest BCUT2D eigenvalue weighted by Gasteiger charge is -1.98. The van der Waals surface area contributed by atoms with E-state index in [9.17, 15) is 0 Å². The number of aromatic hydroxyl groups is 1. The Balaban J connectivity index is 3.06. The van der Waals surface area contributed by atoms with Crippen LogP contribution in [0, 0.1) is 0 Å². The number of rotatable bonds is 1. The maximum absolute atomic E-state index is 9.10. The van der Waals surface area contributed by atoms with E-state index in [1.165, 1.54) is 0 Å². The minimum atomic E-state index is 0.283. The van der Waals surface area contributed by atoms with Gasteiger partial charge in [0.2, 0.25) is 0 Å². The molecule has 11 heavy (non-hydrogen) atoms. The van der Waals surface area contributed by atoms with E-state index >= 15 is 0 Å². The first kappa shape index (κ1) is 7.79. The topological polar surface area (TPSA) is 32.6 Å². The van der Waals surface area contributed by atoms with E-state index in [1.54, 1.807) is 25.2 Å². The second-order valence-electron chi connectivity index (χ2n) is 2.36. The SMILES string of the molecule is CN=C(C)c1cccc(O)c1. The zero-order chi connectivity index (χ0) is 8.27. The molecule has 1 N–H and O–H groups in total. The van der Waals surface area contributed by atoms with Crippen molar-refractivity contribution in [3.8, 4) is 5.75 Å². The molecule has 1 aromatic rings. The van der Waals surface area contributed by atoms with E-state index in [2.05, 4.69) is 4.99 Å². The van der Waals surface area contributed by atoms with Crippen LogP contribution in [0.4, 0.5) is 0 Å². The summed E-state index contributed by atoms with van der Waals surface area (Å²) in [6.45, 7) is 1.91. The summed E-state index contributed by atoms with van der Waals surface area (Å²) >= 11 is 0. The number of aliphatic imine (C=N–C) groups is 1. The van der Waals surface area contributed by atoms with Crippen molar-refractivity contribution in [1.29, 1.82) is 0 Å². The molecule has 0 saturated carbocycles. The van der Waals surface area contributed by atoms with Gasteiger partial charge in [-0.3, -0.25) is 4.99 Å². The number of phenolic OH excluding ortho intramolecular Hbond substituents is 1. The molecule has 0 saturated heterocycles. The molecule has 0 fully saturated rings. The van der Waals surface area contributed by atoms with Gasteiger partial charge in [0.05, 0.1) is 0 Å². The van der Waals surface area contributed by atoms with Crippen LogP contribution in [0.25, 0.3) is 0 Å². The summed E-state index contributed by atoms with van der Waals surface area (Å²) in [6.07, 6.45) is 0. The van der Waals surface area contributed by atoms with Gasteiger partial charge in [-0.05, 0) is 24.6 Å². The molecule has 2 heteroatoms. The van der Waals surface area contributed by atoms with E-state index in [0.717, 1.165) is 11.3 Å². The zero-order valence-corrected chi connectivity index (χ0v) is 6.70. The Morgan fingerprint density at radius 1 is 1.45 bits per heavy atom. The second-order valence-corrected chi connectivity index (χ2v) is 2.36. The Bertz CT molecular complexity index is 279. The summed E-state index contributed by atoms with van der Waals surface area (Å²) < 4.78 is 0. The van der Waals surface area contributed by atoms with Gasteiger partial charge in [0, 0.05) is 12.8 Å². The molecule has 2 nitrogen and oxygen atoms in total. The van der Waals surface area contributed by atoms with Gasteiger partial charge in [-0.2, -0.15) is 0 Å². The Kier molecular flexibility index (Phi) is 2.26. The lowest BCUT2D eigenvalue weighted by Crippen LogP contribution is -1.92. The summed E-state index contributed by atoms with van der Waals surface area (Å²) in [5.74, 6) is 0.283. The zero-order valence-electron chi connectivity index (χ0n) is 6.70. The first-order valence-electron chi connectivity index (χ1n) is 3.47. The Morgan fingerprint density at radius 3 is 2.73 bits per heavy atom. The normalized spacial score (nSPS) is 11.6. The molecule has 0 aliphatic heterocycles. The fraction of sp³-hybridized carbons (Fsp3) is 0.222. The summed E-state index contributed by atoms with van der Waals surface area (Å²) in [6, 6.07) is 7.07. The van der Waals surface area contributed by atoms with Crippen LogP contribution in [0.15, 0.2) is 29.3 Å². The van der Waals surface area contributed by atoms with Gasteiger partial charge in [-0.15, -0.1) is 0 Å². The van der Waals surface area contributed by atoms with Crippen LogP contribution in [0.2, 0.25) is 0 Å². The third kappa shape index (κ3) is 1.80. The van der Waals surface area contributed by atoms with Gasteiger partial charge in [-0.1, -0.05) is 12.1 Å².